The van der Waals surface area contributed by atoms with Crippen molar-refractivity contribution >= 4 is 5.91 Å². The van der Waals surface area contributed by atoms with Gasteiger partial charge < -0.3 is 10.6 Å². The average Bonchev–Trinajstić information content (AvgIpc) is 2.42. The SMILES string of the molecule is CC(CC(=O)NC1CCC(C)(C)CC1C)C1CCNCC1. The molecule has 2 rings (SSSR count). The van der Waals surface area contributed by atoms with Crippen molar-refractivity contribution in [3.63, 3.8) is 0 Å². The van der Waals surface area contributed by atoms with Crippen LogP contribution >= 0.6 is 0 Å². The minimum atomic E-state index is 0.276. The van der Waals surface area contributed by atoms with E-state index in [9.17, 15) is 4.79 Å². The Morgan fingerprint density at radius 2 is 1.95 bits per heavy atom. The first-order valence-electron chi connectivity index (χ1n) is 8.87. The van der Waals surface area contributed by atoms with Crippen molar-refractivity contribution in [1.82, 2.24) is 10.6 Å². The van der Waals surface area contributed by atoms with Gasteiger partial charge in [0.15, 0.2) is 0 Å². The first kappa shape index (κ1) is 16.8. The van der Waals surface area contributed by atoms with Gasteiger partial charge in [0.25, 0.3) is 0 Å². The maximum Gasteiger partial charge on any atom is 0.220 e. The van der Waals surface area contributed by atoms with Crippen molar-refractivity contribution in [2.75, 3.05) is 13.1 Å². The quantitative estimate of drug-likeness (QED) is 0.835. The highest BCUT2D eigenvalue weighted by molar-refractivity contribution is 5.76. The van der Waals surface area contributed by atoms with Crippen LogP contribution in [0.15, 0.2) is 0 Å². The van der Waals surface area contributed by atoms with Gasteiger partial charge >= 0.3 is 0 Å². The third kappa shape index (κ3) is 4.98. The van der Waals surface area contributed by atoms with Crippen LogP contribution in [0, 0.1) is 23.2 Å². The number of carbonyl (C=O) groups excluding carboxylic acids is 1. The zero-order chi connectivity index (χ0) is 15.5. The van der Waals surface area contributed by atoms with E-state index in [2.05, 4.69) is 38.3 Å². The molecule has 0 radical (unpaired) electrons. The number of hydrogen-bond donors (Lipinski definition) is 2. The van der Waals surface area contributed by atoms with E-state index in [-0.39, 0.29) is 5.91 Å². The van der Waals surface area contributed by atoms with Gasteiger partial charge in [0.05, 0.1) is 0 Å². The second-order valence-corrected chi connectivity index (χ2v) is 8.33. The molecule has 3 atom stereocenters. The summed E-state index contributed by atoms with van der Waals surface area (Å²) >= 11 is 0. The number of hydrogen-bond acceptors (Lipinski definition) is 2. The van der Waals surface area contributed by atoms with Crippen LogP contribution in [0.5, 0.6) is 0 Å². The summed E-state index contributed by atoms with van der Waals surface area (Å²) in [5.41, 5.74) is 0.447. The molecule has 0 aromatic heterocycles. The van der Waals surface area contributed by atoms with Crippen molar-refractivity contribution in [3.05, 3.63) is 0 Å². The molecule has 1 aliphatic carbocycles. The second kappa shape index (κ2) is 7.13. The van der Waals surface area contributed by atoms with E-state index < -0.39 is 0 Å². The lowest BCUT2D eigenvalue weighted by Crippen LogP contribution is -2.45. The molecule has 3 unspecified atom stereocenters. The van der Waals surface area contributed by atoms with Gasteiger partial charge in [-0.1, -0.05) is 27.7 Å². The van der Waals surface area contributed by atoms with Gasteiger partial charge in [0.2, 0.25) is 5.91 Å². The van der Waals surface area contributed by atoms with Crippen LogP contribution in [0.25, 0.3) is 0 Å². The van der Waals surface area contributed by atoms with E-state index >= 15 is 0 Å². The summed E-state index contributed by atoms with van der Waals surface area (Å²) in [5, 5.41) is 6.72. The molecule has 2 fully saturated rings. The lowest BCUT2D eigenvalue weighted by atomic mass is 9.70. The summed E-state index contributed by atoms with van der Waals surface area (Å²) in [6.07, 6.45) is 6.75. The Hall–Kier alpha value is -0.570. The minimum absolute atomic E-state index is 0.276. The minimum Gasteiger partial charge on any atom is -0.353 e. The van der Waals surface area contributed by atoms with Gasteiger partial charge in [-0.05, 0) is 68.4 Å². The molecule has 2 aliphatic rings. The van der Waals surface area contributed by atoms with Gasteiger partial charge in [0.1, 0.15) is 0 Å². The number of piperidine rings is 1. The Bertz CT molecular complexity index is 347. The number of amides is 1. The van der Waals surface area contributed by atoms with Crippen molar-refractivity contribution in [3.8, 4) is 0 Å². The molecule has 1 amide bonds. The normalized spacial score (nSPS) is 31.6. The van der Waals surface area contributed by atoms with Crippen LogP contribution in [0.1, 0.15) is 66.2 Å². The molecule has 0 spiro atoms. The standard InChI is InChI=1S/C18H34N2O/c1-13(15-6-9-19-10-7-15)11-17(21)20-16-5-8-18(3,4)12-14(16)2/h13-16,19H,5-12H2,1-4H3,(H,20,21). The molecular formula is C18H34N2O. The summed E-state index contributed by atoms with van der Waals surface area (Å²) in [7, 11) is 0. The maximum absolute atomic E-state index is 12.3. The molecule has 0 bridgehead atoms. The maximum atomic E-state index is 12.3. The third-order valence-corrected chi connectivity index (χ3v) is 5.74. The molecule has 0 aromatic rings. The Balaban J connectivity index is 1.76. The summed E-state index contributed by atoms with van der Waals surface area (Å²) in [5.74, 6) is 2.12. The highest BCUT2D eigenvalue weighted by Gasteiger charge is 2.33. The Labute approximate surface area is 130 Å². The topological polar surface area (TPSA) is 41.1 Å². The summed E-state index contributed by atoms with van der Waals surface area (Å²) in [6.45, 7) is 11.5. The fourth-order valence-electron chi connectivity index (χ4n) is 4.30. The van der Waals surface area contributed by atoms with E-state index in [1.807, 2.05) is 0 Å². The smallest absolute Gasteiger partial charge is 0.220 e. The molecule has 2 N–H and O–H groups in total. The van der Waals surface area contributed by atoms with Crippen molar-refractivity contribution in [1.29, 1.82) is 0 Å². The molecule has 1 aliphatic heterocycles. The number of carbonyl (C=O) groups is 1. The molecule has 3 heteroatoms. The number of nitrogens with one attached hydrogen (secondary N) is 2. The molecule has 0 aromatic carbocycles. The van der Waals surface area contributed by atoms with Crippen LogP contribution < -0.4 is 10.6 Å². The zero-order valence-electron chi connectivity index (χ0n) is 14.4. The van der Waals surface area contributed by atoms with E-state index in [0.29, 0.717) is 29.7 Å². The zero-order valence-corrected chi connectivity index (χ0v) is 14.4. The summed E-state index contributed by atoms with van der Waals surface area (Å²) in [4.78, 5) is 12.3. The van der Waals surface area contributed by atoms with E-state index in [1.54, 1.807) is 0 Å². The molecule has 3 nitrogen and oxygen atoms in total. The fraction of sp³-hybridized carbons (Fsp3) is 0.944. The highest BCUT2D eigenvalue weighted by atomic mass is 16.1. The van der Waals surface area contributed by atoms with Crippen molar-refractivity contribution < 1.29 is 4.79 Å². The summed E-state index contributed by atoms with van der Waals surface area (Å²) in [6, 6.07) is 0.394. The first-order chi connectivity index (χ1) is 9.87. The predicted octanol–water partition coefficient (Wildman–Crippen LogP) is 3.34. The molecular weight excluding hydrogens is 260 g/mol. The monoisotopic (exact) mass is 294 g/mol. The van der Waals surface area contributed by atoms with Crippen molar-refractivity contribution in [2.24, 2.45) is 23.2 Å². The lowest BCUT2D eigenvalue weighted by Gasteiger charge is -2.39. The van der Waals surface area contributed by atoms with Gasteiger partial charge in [-0.25, -0.2) is 0 Å². The average molecular weight is 294 g/mol. The molecule has 1 heterocycles. The first-order valence-corrected chi connectivity index (χ1v) is 8.87. The van der Waals surface area contributed by atoms with Crippen LogP contribution in [0.3, 0.4) is 0 Å². The lowest BCUT2D eigenvalue weighted by molar-refractivity contribution is -0.123. The van der Waals surface area contributed by atoms with E-state index in [4.69, 9.17) is 0 Å². The van der Waals surface area contributed by atoms with E-state index in [0.717, 1.165) is 25.4 Å². The molecule has 1 saturated carbocycles. The molecule has 21 heavy (non-hydrogen) atoms. The van der Waals surface area contributed by atoms with Crippen LogP contribution in [0.4, 0.5) is 0 Å². The second-order valence-electron chi connectivity index (χ2n) is 8.33. The van der Waals surface area contributed by atoms with Crippen molar-refractivity contribution in [2.45, 2.75) is 72.3 Å². The predicted molar refractivity (Wildman–Crippen MR) is 88.1 cm³/mol. The fourth-order valence-corrected chi connectivity index (χ4v) is 4.30. The summed E-state index contributed by atoms with van der Waals surface area (Å²) < 4.78 is 0. The van der Waals surface area contributed by atoms with Gasteiger partial charge in [-0.2, -0.15) is 0 Å². The molecule has 1 saturated heterocycles. The van der Waals surface area contributed by atoms with Crippen LogP contribution in [0.2, 0.25) is 0 Å². The third-order valence-electron chi connectivity index (χ3n) is 5.74. The Morgan fingerprint density at radius 1 is 1.29 bits per heavy atom. The molecule has 122 valence electrons. The van der Waals surface area contributed by atoms with Gasteiger partial charge in [-0.15, -0.1) is 0 Å². The van der Waals surface area contributed by atoms with Gasteiger partial charge in [-0.3, -0.25) is 4.79 Å². The largest absolute Gasteiger partial charge is 0.353 e. The Kier molecular flexibility index (Phi) is 5.70. The van der Waals surface area contributed by atoms with E-state index in [1.165, 1.54) is 25.7 Å². The highest BCUT2D eigenvalue weighted by Crippen LogP contribution is 2.38. The van der Waals surface area contributed by atoms with Crippen LogP contribution in [-0.4, -0.2) is 25.0 Å². The number of rotatable bonds is 4. The van der Waals surface area contributed by atoms with Gasteiger partial charge in [0, 0.05) is 12.5 Å². The van der Waals surface area contributed by atoms with Crippen LogP contribution in [-0.2, 0) is 4.79 Å². The Morgan fingerprint density at radius 3 is 2.57 bits per heavy atom.